The molecule has 144 heavy (non-hydrogen) atoms. The molecule has 0 radical (unpaired) electrons. The van der Waals surface area contributed by atoms with Crippen molar-refractivity contribution in [1.82, 2.24) is 28.7 Å². The zero-order valence-electron chi connectivity index (χ0n) is 79.8. The molecule has 9 heteroatoms. The first-order chi connectivity index (χ1) is 71.2. The molecule has 23 aromatic carbocycles. The molecular formula is C135H95N9. The quantitative estimate of drug-likeness (QED) is 0.101. The van der Waals surface area contributed by atoms with Gasteiger partial charge in [-0.25, -0.2) is 15.0 Å². The van der Waals surface area contributed by atoms with Crippen LogP contribution >= 0.6 is 0 Å². The second-order valence-corrected chi connectivity index (χ2v) is 37.7. The summed E-state index contributed by atoms with van der Waals surface area (Å²) >= 11 is 0. The summed E-state index contributed by atoms with van der Waals surface area (Å²) in [6, 6.07) is 177. The van der Waals surface area contributed by atoms with Crippen LogP contribution in [0.25, 0.3) is 204 Å². The van der Waals surface area contributed by atoms with Gasteiger partial charge in [-0.1, -0.05) is 360 Å². The summed E-state index contributed by atoms with van der Waals surface area (Å²) in [4.78, 5) is 22.3. The van der Waals surface area contributed by atoms with Crippen LogP contribution < -0.4 is 14.7 Å². The number of rotatable bonds is 14. The average molecular weight is 1840 g/mol. The highest BCUT2D eigenvalue weighted by molar-refractivity contribution is 6.23. The topological polar surface area (TPSA) is 63.2 Å². The van der Waals surface area contributed by atoms with Gasteiger partial charge in [-0.15, -0.1) is 0 Å². The molecule has 3 aliphatic heterocycles. The van der Waals surface area contributed by atoms with Gasteiger partial charge in [-0.3, -0.25) is 13.7 Å². The van der Waals surface area contributed by atoms with Crippen LogP contribution in [0.4, 0.5) is 51.2 Å². The molecule has 0 atom stereocenters. The van der Waals surface area contributed by atoms with E-state index in [1.165, 1.54) is 176 Å². The SMILES string of the molecule is CCc1nc2cccc3c2n1-c1ccc(-c2ccc(-c4ccc5c(-c6ccc7ccccc7c6)c6ccccc6c(-c6ccc7ccccc7c6)c5c4)cc2)cc1N3c1ccccc1.CCc1nc2cccc3c2n1-c1ccc(-c2ccc(-c4ccc5ccccc5c4)cc2)cc1N3c1ccccc1.CCc1nc2cccc3c2n1-c1ccc(-c2ccc4cc(-c5ccccc5)ccc4c2)cc1N3c1ccccc1. The fourth-order valence-electron chi connectivity index (χ4n) is 22.7. The molecule has 0 fully saturated rings. The fourth-order valence-corrected chi connectivity index (χ4v) is 22.7. The molecule has 3 aliphatic rings. The number of imidazole rings is 3. The first-order valence-electron chi connectivity index (χ1n) is 50.0. The largest absolute Gasteiger partial charge is 0.306 e. The summed E-state index contributed by atoms with van der Waals surface area (Å²) in [5.41, 5.74) is 39.9. The van der Waals surface area contributed by atoms with Crippen LogP contribution in [0, 0.1) is 0 Å². The summed E-state index contributed by atoms with van der Waals surface area (Å²) in [7, 11) is 0. The third-order valence-corrected chi connectivity index (χ3v) is 29.5. The minimum Gasteiger partial charge on any atom is -0.306 e. The van der Waals surface area contributed by atoms with Crippen molar-refractivity contribution in [2.75, 3.05) is 14.7 Å². The maximum absolute atomic E-state index is 5.08. The van der Waals surface area contributed by atoms with Crippen molar-refractivity contribution in [3.63, 3.8) is 0 Å². The monoisotopic (exact) mass is 1840 g/mol. The van der Waals surface area contributed by atoms with Gasteiger partial charge in [0, 0.05) is 36.3 Å². The predicted molar refractivity (Wildman–Crippen MR) is 605 cm³/mol. The minimum absolute atomic E-state index is 0.849. The number of hydrogen-bond donors (Lipinski definition) is 0. The smallest absolute Gasteiger partial charge is 0.114 e. The van der Waals surface area contributed by atoms with Crippen LogP contribution in [0.5, 0.6) is 0 Å². The normalized spacial score (nSPS) is 12.2. The minimum atomic E-state index is 0.849. The van der Waals surface area contributed by atoms with Crippen molar-refractivity contribution in [2.24, 2.45) is 0 Å². The Kier molecular flexibility index (Phi) is 20.6. The van der Waals surface area contributed by atoms with E-state index < -0.39 is 0 Å². The van der Waals surface area contributed by atoms with E-state index >= 15 is 0 Å². The number of anilines is 9. The Hall–Kier alpha value is -18.6. The van der Waals surface area contributed by atoms with Crippen LogP contribution in [0.15, 0.2) is 485 Å². The molecular weight excluding hydrogens is 1750 g/mol. The molecule has 0 unspecified atom stereocenters. The molecule has 0 saturated carbocycles. The summed E-state index contributed by atoms with van der Waals surface area (Å²) in [6.45, 7) is 6.55. The Morgan fingerprint density at radius 1 is 0.160 bits per heavy atom. The van der Waals surface area contributed by atoms with E-state index in [1.807, 2.05) is 0 Å². The zero-order chi connectivity index (χ0) is 95.6. The van der Waals surface area contributed by atoms with Gasteiger partial charge in [-0.2, -0.15) is 0 Å². The number of aromatic nitrogens is 6. The van der Waals surface area contributed by atoms with Crippen molar-refractivity contribution >= 4 is 149 Å². The number of aryl methyl sites for hydroxylation is 3. The first-order valence-corrected chi connectivity index (χ1v) is 50.0. The molecule has 0 aliphatic carbocycles. The van der Waals surface area contributed by atoms with Gasteiger partial charge in [-0.05, 0) is 299 Å². The third-order valence-electron chi connectivity index (χ3n) is 29.5. The van der Waals surface area contributed by atoms with Crippen LogP contribution in [0.1, 0.15) is 38.2 Å². The molecule has 29 rings (SSSR count). The molecule has 9 nitrogen and oxygen atoms in total. The second-order valence-electron chi connectivity index (χ2n) is 37.7. The van der Waals surface area contributed by atoms with Crippen LogP contribution in [-0.2, 0) is 19.3 Å². The lowest BCUT2D eigenvalue weighted by atomic mass is 9.84. The van der Waals surface area contributed by atoms with Gasteiger partial charge in [0.2, 0.25) is 0 Å². The number of fused-ring (bicyclic) bond motifs is 12. The summed E-state index contributed by atoms with van der Waals surface area (Å²) in [6.07, 6.45) is 2.59. The summed E-state index contributed by atoms with van der Waals surface area (Å²) in [5.74, 6) is 3.25. The lowest BCUT2D eigenvalue weighted by Crippen LogP contribution is -2.19. The predicted octanol–water partition coefficient (Wildman–Crippen LogP) is 36.4. The van der Waals surface area contributed by atoms with E-state index in [9.17, 15) is 0 Å². The Balaban J connectivity index is 0.000000113. The van der Waals surface area contributed by atoms with Crippen molar-refractivity contribution in [2.45, 2.75) is 40.0 Å². The highest BCUT2D eigenvalue weighted by atomic mass is 15.3. The summed E-state index contributed by atoms with van der Waals surface area (Å²) < 4.78 is 7.08. The van der Waals surface area contributed by atoms with Crippen molar-refractivity contribution in [3.8, 4) is 106 Å². The fraction of sp³-hybridized carbons (Fsp3) is 0.0444. The zero-order valence-corrected chi connectivity index (χ0v) is 79.8. The maximum atomic E-state index is 5.08. The molecule has 0 spiro atoms. The molecule has 0 saturated heterocycles. The lowest BCUT2D eigenvalue weighted by molar-refractivity contribution is 0.900. The standard InChI is InChI=1S/C61H41N3.2C37H27N3/c1-2-58-62-54-21-12-22-56-61(54)64(58)55-34-32-46(38-57(55)63(56)49-17-4-3-5-18-49)42-25-23-41(24-26-42)45-31-33-52-53(37-45)60(48-30-28-40-14-7-9-16-44(40)36-48)51-20-11-10-19-50(51)59(52)47-29-27-39-13-6-8-15-43(39)35-47;1-2-36-38-32-14-9-15-34-37(32)40(36)33-21-20-30(24-35(33)39(34)31-12-7-4-8-13-31)29-19-18-27-22-26(16-17-28(27)23-29)25-10-5-3-6-11-25;1-2-36-38-32-13-8-14-34-37(32)40(36)33-22-21-30(24-35(33)39(34)31-11-4-3-5-12-31)27-17-15-26(16-18-27)29-20-19-25-9-6-7-10-28(25)23-29/h3-38H,2H2,1H3;2*3-24H,2H2,1H3. The number of nitrogens with zero attached hydrogens (tertiary/aromatic N) is 9. The first kappa shape index (κ1) is 84.7. The highest BCUT2D eigenvalue weighted by Gasteiger charge is 2.34. The Bertz CT molecular complexity index is 9600. The van der Waals surface area contributed by atoms with E-state index in [0.29, 0.717) is 0 Å². The van der Waals surface area contributed by atoms with Gasteiger partial charge in [0.25, 0.3) is 0 Å². The van der Waals surface area contributed by atoms with Gasteiger partial charge < -0.3 is 14.7 Å². The van der Waals surface area contributed by atoms with Crippen LogP contribution in [-0.4, -0.2) is 28.7 Å². The van der Waals surface area contributed by atoms with Crippen LogP contribution in [0.2, 0.25) is 0 Å². The molecule has 680 valence electrons. The van der Waals surface area contributed by atoms with Crippen molar-refractivity contribution in [3.05, 3.63) is 503 Å². The average Bonchev–Trinajstić information content (AvgIpc) is 1.19. The molecule has 26 aromatic rings. The number of para-hydroxylation sites is 6. The van der Waals surface area contributed by atoms with Gasteiger partial charge in [0.1, 0.15) is 17.5 Å². The Labute approximate surface area is 835 Å². The van der Waals surface area contributed by atoms with E-state index in [2.05, 4.69) is 534 Å². The van der Waals surface area contributed by atoms with E-state index in [1.54, 1.807) is 0 Å². The van der Waals surface area contributed by atoms with Gasteiger partial charge in [0.15, 0.2) is 0 Å². The molecule has 3 aromatic heterocycles. The van der Waals surface area contributed by atoms with Gasteiger partial charge in [0.05, 0.1) is 84.3 Å². The van der Waals surface area contributed by atoms with Crippen molar-refractivity contribution < 1.29 is 0 Å². The second kappa shape index (κ2) is 35.1. The molecule has 0 bridgehead atoms. The molecule has 6 heterocycles. The number of hydrogen-bond acceptors (Lipinski definition) is 6. The van der Waals surface area contributed by atoms with E-state index in [0.717, 1.165) is 116 Å². The number of benzene rings is 23. The highest BCUT2D eigenvalue weighted by Crippen LogP contribution is 2.55. The summed E-state index contributed by atoms with van der Waals surface area (Å²) in [5, 5.41) is 15.0. The Morgan fingerprint density at radius 3 is 0.764 bits per heavy atom. The van der Waals surface area contributed by atoms with E-state index in [4.69, 9.17) is 15.0 Å². The lowest BCUT2D eigenvalue weighted by Gasteiger charge is -2.33. The third kappa shape index (κ3) is 14.4. The molecule has 0 N–H and O–H groups in total. The Morgan fingerprint density at radius 2 is 0.403 bits per heavy atom. The van der Waals surface area contributed by atoms with E-state index in [-0.39, 0.29) is 0 Å². The maximum Gasteiger partial charge on any atom is 0.114 e. The molecule has 0 amide bonds. The van der Waals surface area contributed by atoms with Crippen LogP contribution in [0.3, 0.4) is 0 Å². The van der Waals surface area contributed by atoms with Gasteiger partial charge >= 0.3 is 0 Å². The van der Waals surface area contributed by atoms with Crippen molar-refractivity contribution in [1.29, 1.82) is 0 Å².